The number of benzene rings is 1. The Labute approximate surface area is 229 Å². The van der Waals surface area contributed by atoms with Crippen LogP contribution in [0.25, 0.3) is 33.4 Å². The van der Waals surface area contributed by atoms with Crippen molar-refractivity contribution in [2.24, 2.45) is 0 Å². The molecule has 0 amide bonds. The van der Waals surface area contributed by atoms with Crippen LogP contribution in [0.3, 0.4) is 0 Å². The monoisotopic (exact) mass is 526 g/mol. The largest absolute Gasteiger partial charge is 0.378 e. The lowest BCUT2D eigenvalue weighted by atomic mass is 9.99. The van der Waals surface area contributed by atoms with Gasteiger partial charge in [-0.05, 0) is 63.1 Å². The zero-order valence-corrected chi connectivity index (χ0v) is 23.2. The maximum Gasteiger partial charge on any atom is 0.160 e. The summed E-state index contributed by atoms with van der Waals surface area (Å²) in [6.45, 7) is 12.8. The van der Waals surface area contributed by atoms with Crippen LogP contribution < -0.4 is 4.90 Å². The first-order valence-electron chi connectivity index (χ1n) is 14.3. The van der Waals surface area contributed by atoms with Gasteiger partial charge in [0.15, 0.2) is 5.65 Å². The van der Waals surface area contributed by atoms with Gasteiger partial charge in [0.1, 0.15) is 0 Å². The topological polar surface area (TPSA) is 78.3 Å². The van der Waals surface area contributed by atoms with Crippen molar-refractivity contribution in [1.29, 1.82) is 0 Å². The van der Waals surface area contributed by atoms with Crippen LogP contribution in [-0.4, -0.2) is 100 Å². The molecule has 3 aromatic heterocycles. The van der Waals surface area contributed by atoms with E-state index in [1.165, 1.54) is 16.8 Å². The number of nitrogens with one attached hydrogen (secondary N) is 1. The number of piperazine rings is 1. The number of hydrogen-bond donors (Lipinski definition) is 1. The Balaban J connectivity index is 1.13. The minimum Gasteiger partial charge on any atom is -0.378 e. The van der Waals surface area contributed by atoms with Crippen LogP contribution in [0.15, 0.2) is 36.8 Å². The van der Waals surface area contributed by atoms with E-state index in [0.717, 1.165) is 98.7 Å². The fourth-order valence-corrected chi connectivity index (χ4v) is 6.56. The molecule has 0 spiro atoms. The molecule has 7 rings (SSSR count). The predicted molar refractivity (Wildman–Crippen MR) is 154 cm³/mol. The first-order valence-corrected chi connectivity index (χ1v) is 14.3. The van der Waals surface area contributed by atoms with E-state index in [1.807, 2.05) is 12.4 Å². The van der Waals surface area contributed by atoms with Crippen molar-refractivity contribution in [2.45, 2.75) is 38.8 Å². The molecule has 9 heteroatoms. The van der Waals surface area contributed by atoms with Gasteiger partial charge in [0.25, 0.3) is 0 Å². The quantitative estimate of drug-likeness (QED) is 0.423. The van der Waals surface area contributed by atoms with Gasteiger partial charge in [0.2, 0.25) is 0 Å². The summed E-state index contributed by atoms with van der Waals surface area (Å²) in [4.78, 5) is 10.8. The molecule has 3 saturated heterocycles. The number of H-pyrrole nitrogens is 1. The normalized spacial score (nSPS) is 20.1. The van der Waals surface area contributed by atoms with E-state index >= 15 is 0 Å². The molecule has 1 N–H and O–H groups in total. The maximum atomic E-state index is 5.39. The third-order valence-electron chi connectivity index (χ3n) is 8.97. The second kappa shape index (κ2) is 10.0. The summed E-state index contributed by atoms with van der Waals surface area (Å²) in [5.41, 5.74) is 9.02. The van der Waals surface area contributed by atoms with E-state index in [4.69, 9.17) is 9.84 Å². The van der Waals surface area contributed by atoms with Gasteiger partial charge in [-0.15, -0.1) is 10.2 Å². The summed E-state index contributed by atoms with van der Waals surface area (Å²) >= 11 is 0. The summed E-state index contributed by atoms with van der Waals surface area (Å²) in [5, 5.41) is 15.0. The molecule has 3 fully saturated rings. The number of aromatic amines is 1. The number of aryl methyl sites for hydroxylation is 2. The number of likely N-dealkylation sites (N-methyl/N-ethyl adjacent to an activating group) is 1. The predicted octanol–water partition coefficient (Wildman–Crippen LogP) is 3.89. The molecule has 0 bridgehead atoms. The standard InChI is InChI=1S/C30H38N8O/c1-20-12-22(13-21(2)29(20)37-10-8-35(3)9-11-37)28-14-26-27(16-31-30(26)34-33-28)23-15-32-38(17-23)24-4-6-36(7-5-24)25-18-39-19-25/h12-17,24-25H,4-11,18-19H2,1-3H3,(H,31,34). The molecule has 1 aromatic carbocycles. The Bertz CT molecular complexity index is 1450. The van der Waals surface area contributed by atoms with Crippen LogP contribution in [0, 0.1) is 13.8 Å². The van der Waals surface area contributed by atoms with Gasteiger partial charge in [-0.3, -0.25) is 9.58 Å². The van der Waals surface area contributed by atoms with Crippen molar-refractivity contribution in [3.05, 3.63) is 47.9 Å². The number of hydrogen-bond acceptors (Lipinski definition) is 7. The Morgan fingerprint density at radius 3 is 2.31 bits per heavy atom. The zero-order valence-electron chi connectivity index (χ0n) is 23.2. The number of nitrogens with zero attached hydrogens (tertiary/aromatic N) is 7. The molecule has 4 aromatic rings. The molecule has 0 unspecified atom stereocenters. The van der Waals surface area contributed by atoms with Gasteiger partial charge in [0.05, 0.1) is 37.2 Å². The van der Waals surface area contributed by atoms with E-state index < -0.39 is 0 Å². The second-order valence-electron chi connectivity index (χ2n) is 11.6. The van der Waals surface area contributed by atoms with Gasteiger partial charge in [-0.1, -0.05) is 0 Å². The molecular formula is C30H38N8O. The maximum absolute atomic E-state index is 5.39. The molecular weight excluding hydrogens is 488 g/mol. The van der Waals surface area contributed by atoms with Crippen LogP contribution in [-0.2, 0) is 4.74 Å². The van der Waals surface area contributed by atoms with E-state index in [9.17, 15) is 0 Å². The number of rotatable bonds is 5. The van der Waals surface area contributed by atoms with Crippen molar-refractivity contribution in [3.8, 4) is 22.4 Å². The summed E-state index contributed by atoms with van der Waals surface area (Å²) in [6, 6.07) is 7.78. The lowest BCUT2D eigenvalue weighted by Gasteiger charge is -2.41. The zero-order chi connectivity index (χ0) is 26.5. The van der Waals surface area contributed by atoms with Gasteiger partial charge >= 0.3 is 0 Å². The average molecular weight is 527 g/mol. The number of aromatic nitrogens is 5. The number of fused-ring (bicyclic) bond motifs is 1. The first kappa shape index (κ1) is 24.7. The van der Waals surface area contributed by atoms with Crippen LogP contribution in [0.2, 0.25) is 0 Å². The summed E-state index contributed by atoms with van der Waals surface area (Å²) in [7, 11) is 2.20. The molecule has 0 radical (unpaired) electrons. The van der Waals surface area contributed by atoms with Crippen molar-refractivity contribution in [3.63, 3.8) is 0 Å². The summed E-state index contributed by atoms with van der Waals surface area (Å²) in [6.07, 6.45) is 8.49. The van der Waals surface area contributed by atoms with Crippen LogP contribution >= 0.6 is 0 Å². The Kier molecular flexibility index (Phi) is 6.37. The van der Waals surface area contributed by atoms with Crippen molar-refractivity contribution >= 4 is 16.7 Å². The summed E-state index contributed by atoms with van der Waals surface area (Å²) < 4.78 is 7.55. The minimum absolute atomic E-state index is 0.446. The van der Waals surface area contributed by atoms with Crippen molar-refractivity contribution < 1.29 is 4.74 Å². The number of ether oxygens (including phenoxy) is 1. The summed E-state index contributed by atoms with van der Waals surface area (Å²) in [5.74, 6) is 0. The molecule has 0 aliphatic carbocycles. The van der Waals surface area contributed by atoms with Gasteiger partial charge in [-0.2, -0.15) is 5.10 Å². The highest BCUT2D eigenvalue weighted by atomic mass is 16.5. The Hall–Kier alpha value is -3.27. The molecule has 9 nitrogen and oxygen atoms in total. The fourth-order valence-electron chi connectivity index (χ4n) is 6.56. The minimum atomic E-state index is 0.446. The third-order valence-corrected chi connectivity index (χ3v) is 8.97. The number of likely N-dealkylation sites (tertiary alicyclic amines) is 1. The highest BCUT2D eigenvalue weighted by Crippen LogP contribution is 2.34. The lowest BCUT2D eigenvalue weighted by Crippen LogP contribution is -2.51. The Morgan fingerprint density at radius 1 is 0.872 bits per heavy atom. The van der Waals surface area contributed by atoms with Gasteiger partial charge in [-0.25, -0.2) is 0 Å². The van der Waals surface area contributed by atoms with E-state index in [0.29, 0.717) is 12.1 Å². The highest BCUT2D eigenvalue weighted by Gasteiger charge is 2.30. The van der Waals surface area contributed by atoms with Crippen molar-refractivity contribution in [1.82, 2.24) is 34.8 Å². The van der Waals surface area contributed by atoms with Crippen LogP contribution in [0.5, 0.6) is 0 Å². The van der Waals surface area contributed by atoms with E-state index in [-0.39, 0.29) is 0 Å². The van der Waals surface area contributed by atoms with Crippen LogP contribution in [0.4, 0.5) is 5.69 Å². The SMILES string of the molecule is Cc1cc(-c2cc3c(-c4cnn(C5CCN(C6COC6)CC5)c4)c[nH]c3nn2)cc(C)c1N1CCN(C)CC1. The Morgan fingerprint density at radius 2 is 1.62 bits per heavy atom. The van der Waals surface area contributed by atoms with Gasteiger partial charge < -0.3 is 19.5 Å². The molecule has 3 aliphatic heterocycles. The molecule has 0 saturated carbocycles. The smallest absolute Gasteiger partial charge is 0.160 e. The molecule has 0 atom stereocenters. The fraction of sp³-hybridized carbons (Fsp3) is 0.500. The average Bonchev–Trinajstić information content (AvgIpc) is 3.56. The second-order valence-corrected chi connectivity index (χ2v) is 11.6. The molecule has 39 heavy (non-hydrogen) atoms. The number of piperidine rings is 1. The van der Waals surface area contributed by atoms with Crippen molar-refractivity contribution in [2.75, 3.05) is 64.4 Å². The number of anilines is 1. The molecule has 6 heterocycles. The van der Waals surface area contributed by atoms with E-state index in [2.05, 4.69) is 79.9 Å². The van der Waals surface area contributed by atoms with E-state index in [1.54, 1.807) is 0 Å². The molecule has 204 valence electrons. The highest BCUT2D eigenvalue weighted by molar-refractivity contribution is 5.95. The molecule has 3 aliphatic rings. The lowest BCUT2D eigenvalue weighted by molar-refractivity contribution is -0.0734. The third kappa shape index (κ3) is 4.62. The first-order chi connectivity index (χ1) is 19.0. The van der Waals surface area contributed by atoms with Gasteiger partial charge in [0, 0.05) is 79.4 Å². The van der Waals surface area contributed by atoms with Crippen LogP contribution in [0.1, 0.15) is 30.0 Å².